The molecular weight excluding hydrogens is 347 g/mol. The first kappa shape index (κ1) is 18.3. The van der Waals surface area contributed by atoms with Gasteiger partial charge in [-0.05, 0) is 47.2 Å². The van der Waals surface area contributed by atoms with Crippen LogP contribution in [0.4, 0.5) is 4.39 Å². The van der Waals surface area contributed by atoms with Crippen molar-refractivity contribution < 1.29 is 9.18 Å². The van der Waals surface area contributed by atoms with E-state index in [0.29, 0.717) is 6.54 Å². The Balaban J connectivity index is 1.61. The molecule has 1 amide bonds. The summed E-state index contributed by atoms with van der Waals surface area (Å²) < 4.78 is 13.2. The van der Waals surface area contributed by atoms with Crippen LogP contribution in [0.1, 0.15) is 27.6 Å². The zero-order valence-electron chi connectivity index (χ0n) is 14.5. The summed E-state index contributed by atoms with van der Waals surface area (Å²) in [6, 6.07) is 18.2. The SMILES string of the molecule is Cc1ccccc1CNC(=O)CNC(c1ccc(F)cc1)c1cccs1. The lowest BCUT2D eigenvalue weighted by molar-refractivity contribution is -0.120. The zero-order valence-corrected chi connectivity index (χ0v) is 15.4. The Morgan fingerprint density at radius 1 is 1.08 bits per heavy atom. The van der Waals surface area contributed by atoms with Crippen molar-refractivity contribution in [3.05, 3.63) is 93.4 Å². The second-order valence-electron chi connectivity index (χ2n) is 6.08. The number of rotatable bonds is 7. The summed E-state index contributed by atoms with van der Waals surface area (Å²) in [5, 5.41) is 8.22. The van der Waals surface area contributed by atoms with E-state index in [1.807, 2.05) is 48.7 Å². The number of benzene rings is 2. The maximum Gasteiger partial charge on any atom is 0.234 e. The average Bonchev–Trinajstić information content (AvgIpc) is 3.17. The van der Waals surface area contributed by atoms with Gasteiger partial charge in [-0.1, -0.05) is 42.5 Å². The van der Waals surface area contributed by atoms with Gasteiger partial charge in [0.05, 0.1) is 12.6 Å². The number of carbonyl (C=O) groups excluding carboxylic acids is 1. The summed E-state index contributed by atoms with van der Waals surface area (Å²) in [7, 11) is 0. The number of hydrogen-bond donors (Lipinski definition) is 2. The minimum atomic E-state index is -0.269. The van der Waals surface area contributed by atoms with Crippen LogP contribution >= 0.6 is 11.3 Å². The van der Waals surface area contributed by atoms with Gasteiger partial charge in [0.15, 0.2) is 0 Å². The molecule has 0 radical (unpaired) electrons. The molecule has 2 N–H and O–H groups in total. The van der Waals surface area contributed by atoms with Gasteiger partial charge >= 0.3 is 0 Å². The lowest BCUT2D eigenvalue weighted by Crippen LogP contribution is -2.35. The van der Waals surface area contributed by atoms with Gasteiger partial charge < -0.3 is 5.32 Å². The van der Waals surface area contributed by atoms with Crippen molar-refractivity contribution >= 4 is 17.2 Å². The van der Waals surface area contributed by atoms with Crippen molar-refractivity contribution in [2.45, 2.75) is 19.5 Å². The summed E-state index contributed by atoms with van der Waals surface area (Å²) in [5.41, 5.74) is 3.19. The number of nitrogens with one attached hydrogen (secondary N) is 2. The van der Waals surface area contributed by atoms with E-state index >= 15 is 0 Å². The first-order chi connectivity index (χ1) is 12.6. The molecule has 0 aliphatic heterocycles. The molecule has 3 aromatic rings. The minimum Gasteiger partial charge on any atom is -0.351 e. The highest BCUT2D eigenvalue weighted by molar-refractivity contribution is 7.10. The van der Waals surface area contributed by atoms with Crippen molar-refractivity contribution in [2.24, 2.45) is 0 Å². The summed E-state index contributed by atoms with van der Waals surface area (Å²) in [6.45, 7) is 2.72. The van der Waals surface area contributed by atoms with Crippen molar-refractivity contribution in [2.75, 3.05) is 6.54 Å². The van der Waals surface area contributed by atoms with Crippen molar-refractivity contribution in [1.29, 1.82) is 0 Å². The Morgan fingerprint density at radius 3 is 2.54 bits per heavy atom. The van der Waals surface area contributed by atoms with E-state index < -0.39 is 0 Å². The average molecular weight is 368 g/mol. The molecule has 0 spiro atoms. The molecule has 0 saturated heterocycles. The molecule has 0 fully saturated rings. The molecule has 0 saturated carbocycles. The van der Waals surface area contributed by atoms with Crippen molar-refractivity contribution in [3.63, 3.8) is 0 Å². The summed E-state index contributed by atoms with van der Waals surface area (Å²) in [6.07, 6.45) is 0. The fraction of sp³-hybridized carbons (Fsp3) is 0.190. The van der Waals surface area contributed by atoms with Crippen LogP contribution in [0.2, 0.25) is 0 Å². The van der Waals surface area contributed by atoms with Gasteiger partial charge in [-0.3, -0.25) is 10.1 Å². The molecule has 26 heavy (non-hydrogen) atoms. The lowest BCUT2D eigenvalue weighted by atomic mass is 10.1. The van der Waals surface area contributed by atoms with Crippen LogP contribution in [0.5, 0.6) is 0 Å². The Labute approximate surface area is 156 Å². The largest absolute Gasteiger partial charge is 0.351 e. The second-order valence-corrected chi connectivity index (χ2v) is 7.06. The fourth-order valence-electron chi connectivity index (χ4n) is 2.75. The Hall–Kier alpha value is -2.50. The molecule has 0 bridgehead atoms. The molecule has 1 unspecified atom stereocenters. The molecule has 0 aliphatic rings. The van der Waals surface area contributed by atoms with Crippen LogP contribution in [-0.4, -0.2) is 12.5 Å². The lowest BCUT2D eigenvalue weighted by Gasteiger charge is -2.18. The maximum atomic E-state index is 13.2. The first-order valence-corrected chi connectivity index (χ1v) is 9.35. The Bertz CT molecular complexity index is 847. The first-order valence-electron chi connectivity index (χ1n) is 8.47. The van der Waals surface area contributed by atoms with Crippen LogP contribution in [0, 0.1) is 12.7 Å². The quantitative estimate of drug-likeness (QED) is 0.656. The van der Waals surface area contributed by atoms with Gasteiger partial charge in [-0.25, -0.2) is 4.39 Å². The van der Waals surface area contributed by atoms with Crippen LogP contribution in [0.15, 0.2) is 66.0 Å². The monoisotopic (exact) mass is 368 g/mol. The second kappa shape index (κ2) is 8.74. The van der Waals surface area contributed by atoms with E-state index in [1.54, 1.807) is 23.5 Å². The van der Waals surface area contributed by atoms with Gasteiger partial charge in [0.1, 0.15) is 5.82 Å². The van der Waals surface area contributed by atoms with E-state index in [-0.39, 0.29) is 24.3 Å². The highest BCUT2D eigenvalue weighted by Gasteiger charge is 2.16. The van der Waals surface area contributed by atoms with Crippen molar-refractivity contribution in [3.8, 4) is 0 Å². The van der Waals surface area contributed by atoms with E-state index in [1.165, 1.54) is 12.1 Å². The number of carbonyl (C=O) groups is 1. The van der Waals surface area contributed by atoms with Gasteiger partial charge in [0.2, 0.25) is 5.91 Å². The molecule has 1 aromatic heterocycles. The molecular formula is C21H21FN2OS. The maximum absolute atomic E-state index is 13.2. The van der Waals surface area contributed by atoms with Gasteiger partial charge in [0, 0.05) is 11.4 Å². The van der Waals surface area contributed by atoms with Gasteiger partial charge in [-0.2, -0.15) is 0 Å². The van der Waals surface area contributed by atoms with E-state index in [4.69, 9.17) is 0 Å². The number of hydrogen-bond acceptors (Lipinski definition) is 3. The third-order valence-corrected chi connectivity index (χ3v) is 5.17. The van der Waals surface area contributed by atoms with Crippen LogP contribution in [0.3, 0.4) is 0 Å². The predicted octanol–water partition coefficient (Wildman–Crippen LogP) is 4.19. The Kier molecular flexibility index (Phi) is 6.15. The molecule has 3 nitrogen and oxygen atoms in total. The van der Waals surface area contributed by atoms with Crippen LogP contribution < -0.4 is 10.6 Å². The predicted molar refractivity (Wildman–Crippen MR) is 104 cm³/mol. The zero-order chi connectivity index (χ0) is 18.4. The molecule has 1 heterocycles. The molecule has 0 aliphatic carbocycles. The Morgan fingerprint density at radius 2 is 1.85 bits per heavy atom. The minimum absolute atomic E-state index is 0.0723. The number of thiophene rings is 1. The normalized spacial score (nSPS) is 11.9. The highest BCUT2D eigenvalue weighted by Crippen LogP contribution is 2.26. The van der Waals surface area contributed by atoms with Crippen LogP contribution in [-0.2, 0) is 11.3 Å². The smallest absolute Gasteiger partial charge is 0.234 e. The summed E-state index contributed by atoms with van der Waals surface area (Å²) in [4.78, 5) is 13.3. The van der Waals surface area contributed by atoms with E-state index in [2.05, 4.69) is 10.6 Å². The highest BCUT2D eigenvalue weighted by atomic mass is 32.1. The van der Waals surface area contributed by atoms with Gasteiger partial charge in [0.25, 0.3) is 0 Å². The van der Waals surface area contributed by atoms with E-state index in [0.717, 1.165) is 21.6 Å². The molecule has 3 rings (SSSR count). The topological polar surface area (TPSA) is 41.1 Å². The van der Waals surface area contributed by atoms with Crippen LogP contribution in [0.25, 0.3) is 0 Å². The summed E-state index contributed by atoms with van der Waals surface area (Å²) >= 11 is 1.61. The third-order valence-electron chi connectivity index (χ3n) is 4.24. The molecule has 1 atom stereocenters. The fourth-order valence-corrected chi connectivity index (χ4v) is 3.58. The molecule has 2 aromatic carbocycles. The molecule has 5 heteroatoms. The number of halogens is 1. The van der Waals surface area contributed by atoms with Crippen molar-refractivity contribution in [1.82, 2.24) is 10.6 Å². The standard InChI is InChI=1S/C21H21FN2OS/c1-15-5-2-3-6-17(15)13-23-20(25)14-24-21(19-7-4-12-26-19)16-8-10-18(22)11-9-16/h2-12,21,24H,13-14H2,1H3,(H,23,25). The number of amides is 1. The van der Waals surface area contributed by atoms with E-state index in [9.17, 15) is 9.18 Å². The molecule has 134 valence electrons. The van der Waals surface area contributed by atoms with Gasteiger partial charge in [-0.15, -0.1) is 11.3 Å². The summed E-state index contributed by atoms with van der Waals surface area (Å²) in [5.74, 6) is -0.341. The third kappa shape index (κ3) is 4.77. The number of aryl methyl sites for hydroxylation is 1.